The summed E-state index contributed by atoms with van der Waals surface area (Å²) in [7, 11) is 3.03. The van der Waals surface area contributed by atoms with Crippen LogP contribution in [-0.4, -0.2) is 37.6 Å². The Morgan fingerprint density at radius 1 is 1.08 bits per heavy atom. The molecule has 0 aliphatic heterocycles. The second kappa shape index (κ2) is 8.72. The molecule has 0 fully saturated rings. The largest absolute Gasteiger partial charge is 0.497 e. The van der Waals surface area contributed by atoms with Crippen molar-refractivity contribution in [1.29, 1.82) is 0 Å². The third-order valence-electron chi connectivity index (χ3n) is 3.74. The van der Waals surface area contributed by atoms with Gasteiger partial charge in [0.15, 0.2) is 0 Å². The van der Waals surface area contributed by atoms with E-state index >= 15 is 0 Å². The van der Waals surface area contributed by atoms with Crippen LogP contribution in [0.3, 0.4) is 0 Å². The second-order valence-electron chi connectivity index (χ2n) is 5.48. The lowest BCUT2D eigenvalue weighted by Gasteiger charge is -2.18. The predicted octanol–water partition coefficient (Wildman–Crippen LogP) is 0.918. The van der Waals surface area contributed by atoms with Crippen molar-refractivity contribution < 1.29 is 19.1 Å². The smallest absolute Gasteiger partial charge is 0.270 e. The molecule has 0 aromatic heterocycles. The van der Waals surface area contributed by atoms with Crippen LogP contribution in [0.4, 0.5) is 5.69 Å². The van der Waals surface area contributed by atoms with Crippen LogP contribution in [0.15, 0.2) is 42.5 Å². The average molecular weight is 358 g/mol. The summed E-state index contributed by atoms with van der Waals surface area (Å²) in [6.07, 6.45) is 0. The predicted molar refractivity (Wildman–Crippen MR) is 97.5 cm³/mol. The maximum Gasteiger partial charge on any atom is 0.270 e. The zero-order valence-corrected chi connectivity index (χ0v) is 14.7. The fourth-order valence-electron chi connectivity index (χ4n) is 2.29. The van der Waals surface area contributed by atoms with E-state index in [1.165, 1.54) is 13.2 Å². The molecule has 0 saturated carbocycles. The second-order valence-corrected chi connectivity index (χ2v) is 5.48. The molecule has 0 aliphatic carbocycles. The molecule has 0 bridgehead atoms. The molecule has 8 nitrogen and oxygen atoms in total. The number of nitrogens with zero attached hydrogens (tertiary/aromatic N) is 1. The molecular formula is C18H22N4O4. The summed E-state index contributed by atoms with van der Waals surface area (Å²) >= 11 is 0. The number of nitrogens with two attached hydrogens (primary N) is 2. The number of benzene rings is 2. The number of methoxy groups -OCH3 is 2. The van der Waals surface area contributed by atoms with Crippen molar-refractivity contribution in [3.8, 4) is 11.5 Å². The highest BCUT2D eigenvalue weighted by atomic mass is 16.5. The first-order valence-corrected chi connectivity index (χ1v) is 7.85. The quantitative estimate of drug-likeness (QED) is 0.293. The molecule has 0 aliphatic rings. The lowest BCUT2D eigenvalue weighted by atomic mass is 10.1. The molecule has 8 heteroatoms. The number of ether oxygens (including phenoxy) is 2. The van der Waals surface area contributed by atoms with Gasteiger partial charge in [-0.2, -0.15) is 0 Å². The number of hydrogen-bond acceptors (Lipinski definition) is 6. The Morgan fingerprint density at radius 2 is 1.77 bits per heavy atom. The van der Waals surface area contributed by atoms with Gasteiger partial charge in [-0.25, -0.2) is 5.84 Å². The summed E-state index contributed by atoms with van der Waals surface area (Å²) in [5.41, 5.74) is 7.13. The first-order chi connectivity index (χ1) is 12.5. The van der Waals surface area contributed by atoms with Gasteiger partial charge in [0.25, 0.3) is 5.91 Å². The Morgan fingerprint density at radius 3 is 2.38 bits per heavy atom. The zero-order chi connectivity index (χ0) is 19.1. The molecule has 0 unspecified atom stereocenters. The number of carbonyl (C=O) groups is 2. The number of hydrogen-bond donors (Lipinski definition) is 3. The van der Waals surface area contributed by atoms with Crippen molar-refractivity contribution in [2.24, 2.45) is 5.84 Å². The van der Waals surface area contributed by atoms with Crippen LogP contribution in [0.5, 0.6) is 11.5 Å². The number of hydrazine groups is 1. The van der Waals surface area contributed by atoms with Crippen LogP contribution in [0.2, 0.25) is 0 Å². The van der Waals surface area contributed by atoms with E-state index in [1.807, 2.05) is 12.1 Å². The van der Waals surface area contributed by atoms with Crippen LogP contribution in [0, 0.1) is 0 Å². The highest BCUT2D eigenvalue weighted by Crippen LogP contribution is 2.25. The minimum atomic E-state index is -0.569. The topological polar surface area (TPSA) is 120 Å². The van der Waals surface area contributed by atoms with Crippen LogP contribution in [-0.2, 0) is 11.3 Å². The Bertz CT molecular complexity index is 777. The molecule has 2 amide bonds. The van der Waals surface area contributed by atoms with Crippen LogP contribution >= 0.6 is 0 Å². The molecule has 0 atom stereocenters. The fraction of sp³-hybridized carbons (Fsp3) is 0.222. The van der Waals surface area contributed by atoms with E-state index in [-0.39, 0.29) is 17.8 Å². The van der Waals surface area contributed by atoms with Gasteiger partial charge in [0, 0.05) is 6.54 Å². The molecule has 0 saturated heterocycles. The Hall–Kier alpha value is -3.26. The minimum absolute atomic E-state index is 0.175. The number of rotatable bonds is 7. The van der Waals surface area contributed by atoms with E-state index in [1.54, 1.807) is 31.4 Å². The molecule has 0 spiro atoms. The first-order valence-electron chi connectivity index (χ1n) is 7.85. The first kappa shape index (κ1) is 19.1. The van der Waals surface area contributed by atoms with Gasteiger partial charge < -0.3 is 20.5 Å². The number of para-hydroxylation sites is 1. The molecular weight excluding hydrogens is 336 g/mol. The summed E-state index contributed by atoms with van der Waals surface area (Å²) in [6, 6.07) is 12.0. The van der Waals surface area contributed by atoms with Crippen LogP contribution in [0.1, 0.15) is 15.9 Å². The Kier molecular flexibility index (Phi) is 6.40. The van der Waals surface area contributed by atoms with Gasteiger partial charge in [0.2, 0.25) is 5.91 Å². The average Bonchev–Trinajstić information content (AvgIpc) is 2.66. The maximum atomic E-state index is 12.4. The molecule has 0 heterocycles. The van der Waals surface area contributed by atoms with Crippen molar-refractivity contribution in [3.63, 3.8) is 0 Å². The third kappa shape index (κ3) is 4.64. The number of amides is 2. The van der Waals surface area contributed by atoms with Gasteiger partial charge in [0.1, 0.15) is 18.0 Å². The Balaban J connectivity index is 1.92. The van der Waals surface area contributed by atoms with E-state index in [9.17, 15) is 9.59 Å². The van der Waals surface area contributed by atoms with Crippen LogP contribution in [0.25, 0.3) is 0 Å². The van der Waals surface area contributed by atoms with Gasteiger partial charge in [0.05, 0.1) is 25.5 Å². The molecule has 26 heavy (non-hydrogen) atoms. The van der Waals surface area contributed by atoms with Gasteiger partial charge in [-0.15, -0.1) is 0 Å². The van der Waals surface area contributed by atoms with Crippen molar-refractivity contribution >= 4 is 17.5 Å². The van der Waals surface area contributed by atoms with E-state index in [0.717, 1.165) is 16.3 Å². The van der Waals surface area contributed by atoms with E-state index in [0.29, 0.717) is 12.3 Å². The van der Waals surface area contributed by atoms with Gasteiger partial charge in [-0.3, -0.25) is 14.6 Å². The van der Waals surface area contributed by atoms with Gasteiger partial charge in [-0.05, 0) is 29.8 Å². The highest BCUT2D eigenvalue weighted by molar-refractivity contribution is 6.01. The van der Waals surface area contributed by atoms with Gasteiger partial charge >= 0.3 is 0 Å². The number of nitrogen functional groups attached to an aromatic ring is 1. The lowest BCUT2D eigenvalue weighted by molar-refractivity contribution is -0.122. The molecule has 0 radical (unpaired) electrons. The van der Waals surface area contributed by atoms with Crippen molar-refractivity contribution in [2.45, 2.75) is 6.54 Å². The van der Waals surface area contributed by atoms with Gasteiger partial charge in [-0.1, -0.05) is 18.2 Å². The standard InChI is InChI=1S/C18H22N4O4/c1-25-13-8-6-12(7-9-13)10-21-16(23)11-22(20)18(24)14-4-3-5-15(26-2)17(14)19/h3-9H,10-11,19-20H2,1-2H3,(H,21,23). The van der Waals surface area contributed by atoms with Crippen molar-refractivity contribution in [3.05, 3.63) is 53.6 Å². The minimum Gasteiger partial charge on any atom is -0.497 e. The van der Waals surface area contributed by atoms with E-state index in [4.69, 9.17) is 21.1 Å². The summed E-state index contributed by atoms with van der Waals surface area (Å²) in [4.78, 5) is 24.4. The molecule has 2 aromatic rings. The monoisotopic (exact) mass is 358 g/mol. The zero-order valence-electron chi connectivity index (χ0n) is 14.7. The number of carbonyl (C=O) groups excluding carboxylic acids is 2. The SMILES string of the molecule is COc1ccc(CNC(=O)CN(N)C(=O)c2cccc(OC)c2N)cc1. The van der Waals surface area contributed by atoms with Crippen molar-refractivity contribution in [2.75, 3.05) is 26.5 Å². The summed E-state index contributed by atoms with van der Waals surface area (Å²) in [5.74, 6) is 5.87. The summed E-state index contributed by atoms with van der Waals surface area (Å²) in [5, 5.41) is 3.52. The molecule has 5 N–H and O–H groups in total. The molecule has 2 rings (SSSR count). The summed E-state index contributed by atoms with van der Waals surface area (Å²) in [6.45, 7) is 0.0117. The van der Waals surface area contributed by atoms with E-state index in [2.05, 4.69) is 5.32 Å². The number of nitrogens with one attached hydrogen (secondary N) is 1. The third-order valence-corrected chi connectivity index (χ3v) is 3.74. The highest BCUT2D eigenvalue weighted by Gasteiger charge is 2.19. The Labute approximate surface area is 151 Å². The normalized spacial score (nSPS) is 10.1. The maximum absolute atomic E-state index is 12.4. The van der Waals surface area contributed by atoms with Crippen molar-refractivity contribution in [1.82, 2.24) is 10.3 Å². The fourth-order valence-corrected chi connectivity index (χ4v) is 2.29. The number of anilines is 1. The van der Waals surface area contributed by atoms with E-state index < -0.39 is 11.8 Å². The van der Waals surface area contributed by atoms with Crippen LogP contribution < -0.4 is 26.4 Å². The lowest BCUT2D eigenvalue weighted by Crippen LogP contribution is -2.45. The molecule has 2 aromatic carbocycles. The molecule has 138 valence electrons. The summed E-state index contributed by atoms with van der Waals surface area (Å²) < 4.78 is 10.2.